The zero-order valence-electron chi connectivity index (χ0n) is 11.9. The van der Waals surface area contributed by atoms with Crippen LogP contribution in [0, 0.1) is 11.8 Å². The van der Waals surface area contributed by atoms with Crippen molar-refractivity contribution in [3.8, 4) is 0 Å². The number of hydrogen-bond acceptors (Lipinski definition) is 3. The standard InChI is InChI=1S/C14H24N2O3S/c1-2-20(18,19)15-10-12-8-9-16(11-12)14(17)13-6-4-3-5-7-13/h2,12-13,15H,1,3-11H2. The van der Waals surface area contributed by atoms with E-state index in [-0.39, 0.29) is 17.7 Å². The summed E-state index contributed by atoms with van der Waals surface area (Å²) in [7, 11) is -3.35. The molecule has 1 N–H and O–H groups in total. The summed E-state index contributed by atoms with van der Waals surface area (Å²) in [6.07, 6.45) is 6.47. The molecule has 1 aliphatic heterocycles. The Morgan fingerprint density at radius 2 is 1.95 bits per heavy atom. The van der Waals surface area contributed by atoms with Crippen LogP contribution in [-0.2, 0) is 14.8 Å². The van der Waals surface area contributed by atoms with E-state index in [1.807, 2.05) is 4.90 Å². The lowest BCUT2D eigenvalue weighted by molar-refractivity contribution is -0.135. The first-order valence-electron chi connectivity index (χ1n) is 7.43. The minimum absolute atomic E-state index is 0.201. The molecule has 0 bridgehead atoms. The number of carbonyl (C=O) groups is 1. The fraction of sp³-hybridized carbons (Fsp3) is 0.786. The number of nitrogens with zero attached hydrogens (tertiary/aromatic N) is 1. The normalized spacial score (nSPS) is 24.8. The first-order valence-corrected chi connectivity index (χ1v) is 8.97. The van der Waals surface area contributed by atoms with Crippen LogP contribution < -0.4 is 4.72 Å². The Bertz CT molecular complexity index is 455. The molecule has 2 fully saturated rings. The minimum Gasteiger partial charge on any atom is -0.342 e. The highest BCUT2D eigenvalue weighted by atomic mass is 32.2. The van der Waals surface area contributed by atoms with Crippen molar-refractivity contribution >= 4 is 15.9 Å². The lowest BCUT2D eigenvalue weighted by atomic mass is 9.88. The highest BCUT2D eigenvalue weighted by Gasteiger charge is 2.31. The molecule has 1 aliphatic carbocycles. The van der Waals surface area contributed by atoms with Gasteiger partial charge in [-0.3, -0.25) is 4.79 Å². The van der Waals surface area contributed by atoms with E-state index in [4.69, 9.17) is 0 Å². The van der Waals surface area contributed by atoms with Crippen molar-refractivity contribution in [1.29, 1.82) is 0 Å². The maximum atomic E-state index is 12.4. The molecule has 1 saturated carbocycles. The number of nitrogens with one attached hydrogen (secondary N) is 1. The Kier molecular flexibility index (Phi) is 5.21. The molecule has 1 atom stereocenters. The molecular formula is C14H24N2O3S. The predicted molar refractivity (Wildman–Crippen MR) is 78.4 cm³/mol. The van der Waals surface area contributed by atoms with Gasteiger partial charge in [-0.15, -0.1) is 0 Å². The van der Waals surface area contributed by atoms with E-state index in [0.717, 1.165) is 44.1 Å². The molecule has 0 radical (unpaired) electrons. The summed E-state index contributed by atoms with van der Waals surface area (Å²) in [6.45, 7) is 5.09. The van der Waals surface area contributed by atoms with E-state index >= 15 is 0 Å². The third kappa shape index (κ3) is 4.06. The van der Waals surface area contributed by atoms with Gasteiger partial charge in [0.2, 0.25) is 15.9 Å². The molecule has 0 aromatic rings. The second-order valence-electron chi connectivity index (χ2n) is 5.83. The van der Waals surface area contributed by atoms with E-state index in [1.54, 1.807) is 0 Å². The highest BCUT2D eigenvalue weighted by Crippen LogP contribution is 2.27. The van der Waals surface area contributed by atoms with Crippen molar-refractivity contribution in [1.82, 2.24) is 9.62 Å². The number of likely N-dealkylation sites (tertiary alicyclic amines) is 1. The van der Waals surface area contributed by atoms with Gasteiger partial charge in [0.05, 0.1) is 0 Å². The van der Waals surface area contributed by atoms with Crippen molar-refractivity contribution in [2.45, 2.75) is 38.5 Å². The van der Waals surface area contributed by atoms with E-state index in [2.05, 4.69) is 11.3 Å². The molecule has 0 spiro atoms. The summed E-state index contributed by atoms with van der Waals surface area (Å²) in [5.41, 5.74) is 0. The van der Waals surface area contributed by atoms with Crippen molar-refractivity contribution in [3.63, 3.8) is 0 Å². The molecule has 20 heavy (non-hydrogen) atoms. The van der Waals surface area contributed by atoms with Crippen LogP contribution in [0.2, 0.25) is 0 Å². The molecule has 114 valence electrons. The van der Waals surface area contributed by atoms with Crippen LogP contribution in [0.5, 0.6) is 0 Å². The van der Waals surface area contributed by atoms with Crippen molar-refractivity contribution in [2.24, 2.45) is 11.8 Å². The molecular weight excluding hydrogens is 276 g/mol. The first kappa shape index (κ1) is 15.5. The van der Waals surface area contributed by atoms with Crippen LogP contribution in [0.3, 0.4) is 0 Å². The summed E-state index contributed by atoms with van der Waals surface area (Å²) < 4.78 is 25.1. The average molecular weight is 300 g/mol. The summed E-state index contributed by atoms with van der Waals surface area (Å²) >= 11 is 0. The zero-order chi connectivity index (χ0) is 14.6. The highest BCUT2D eigenvalue weighted by molar-refractivity contribution is 7.92. The Balaban J connectivity index is 1.79. The largest absolute Gasteiger partial charge is 0.342 e. The molecule has 1 amide bonds. The second kappa shape index (κ2) is 6.72. The van der Waals surface area contributed by atoms with Gasteiger partial charge in [0.1, 0.15) is 0 Å². The molecule has 5 nitrogen and oxygen atoms in total. The maximum absolute atomic E-state index is 12.4. The Morgan fingerprint density at radius 1 is 1.25 bits per heavy atom. The van der Waals surface area contributed by atoms with Gasteiger partial charge in [0.15, 0.2) is 0 Å². The molecule has 1 heterocycles. The average Bonchev–Trinajstić information content (AvgIpc) is 2.94. The van der Waals surface area contributed by atoms with Gasteiger partial charge in [-0.25, -0.2) is 13.1 Å². The van der Waals surface area contributed by atoms with Crippen LogP contribution in [0.25, 0.3) is 0 Å². The van der Waals surface area contributed by atoms with Crippen molar-refractivity contribution in [3.05, 3.63) is 12.0 Å². The zero-order valence-corrected chi connectivity index (χ0v) is 12.7. The number of amides is 1. The Labute approximate surface area is 121 Å². The summed E-state index contributed by atoms with van der Waals surface area (Å²) in [6, 6.07) is 0. The van der Waals surface area contributed by atoms with Crippen LogP contribution in [0.15, 0.2) is 12.0 Å². The van der Waals surface area contributed by atoms with Gasteiger partial charge in [-0.05, 0) is 25.2 Å². The predicted octanol–water partition coefficient (Wildman–Crippen LogP) is 1.48. The smallest absolute Gasteiger partial charge is 0.233 e. The quantitative estimate of drug-likeness (QED) is 0.836. The fourth-order valence-corrected chi connectivity index (χ4v) is 3.69. The van der Waals surface area contributed by atoms with E-state index < -0.39 is 10.0 Å². The van der Waals surface area contributed by atoms with Crippen LogP contribution in [0.1, 0.15) is 38.5 Å². The molecule has 1 unspecified atom stereocenters. The molecule has 2 rings (SSSR count). The van der Waals surface area contributed by atoms with E-state index in [1.165, 1.54) is 6.42 Å². The van der Waals surface area contributed by atoms with Gasteiger partial charge in [0, 0.05) is 31.0 Å². The minimum atomic E-state index is -3.35. The topological polar surface area (TPSA) is 66.5 Å². The summed E-state index contributed by atoms with van der Waals surface area (Å²) in [5.74, 6) is 0.698. The second-order valence-corrected chi connectivity index (χ2v) is 7.55. The van der Waals surface area contributed by atoms with Gasteiger partial charge in [-0.2, -0.15) is 0 Å². The fourth-order valence-electron chi connectivity index (χ4n) is 3.10. The first-order chi connectivity index (χ1) is 9.52. The Morgan fingerprint density at radius 3 is 2.60 bits per heavy atom. The molecule has 0 aromatic heterocycles. The van der Waals surface area contributed by atoms with Crippen LogP contribution >= 0.6 is 0 Å². The Hall–Kier alpha value is -0.880. The molecule has 1 saturated heterocycles. The van der Waals surface area contributed by atoms with E-state index in [0.29, 0.717) is 13.1 Å². The number of sulfonamides is 1. The third-order valence-electron chi connectivity index (χ3n) is 4.34. The third-order valence-corrected chi connectivity index (χ3v) is 5.35. The van der Waals surface area contributed by atoms with Crippen molar-refractivity contribution in [2.75, 3.05) is 19.6 Å². The summed E-state index contributed by atoms with van der Waals surface area (Å²) in [5, 5.41) is 0.924. The number of carbonyl (C=O) groups excluding carboxylic acids is 1. The molecule has 2 aliphatic rings. The number of hydrogen-bond donors (Lipinski definition) is 1. The number of rotatable bonds is 5. The van der Waals surface area contributed by atoms with Crippen LogP contribution in [-0.4, -0.2) is 38.9 Å². The van der Waals surface area contributed by atoms with Gasteiger partial charge < -0.3 is 4.90 Å². The van der Waals surface area contributed by atoms with Crippen molar-refractivity contribution < 1.29 is 13.2 Å². The van der Waals surface area contributed by atoms with Crippen LogP contribution in [0.4, 0.5) is 0 Å². The van der Waals surface area contributed by atoms with Gasteiger partial charge >= 0.3 is 0 Å². The summed E-state index contributed by atoms with van der Waals surface area (Å²) in [4.78, 5) is 14.3. The lowest BCUT2D eigenvalue weighted by Crippen LogP contribution is -2.36. The molecule has 0 aromatic carbocycles. The monoisotopic (exact) mass is 300 g/mol. The van der Waals surface area contributed by atoms with E-state index in [9.17, 15) is 13.2 Å². The lowest BCUT2D eigenvalue weighted by Gasteiger charge is -2.26. The van der Waals surface area contributed by atoms with Gasteiger partial charge in [-0.1, -0.05) is 25.8 Å². The maximum Gasteiger partial charge on any atom is 0.233 e. The van der Waals surface area contributed by atoms with Gasteiger partial charge in [0.25, 0.3) is 0 Å². The SMILES string of the molecule is C=CS(=O)(=O)NCC1CCN(C(=O)C2CCCCC2)C1. The molecule has 6 heteroatoms.